The van der Waals surface area contributed by atoms with Gasteiger partial charge in [-0.25, -0.2) is 4.98 Å². The van der Waals surface area contributed by atoms with Crippen LogP contribution in [0.15, 0.2) is 66.4 Å². The first-order valence-corrected chi connectivity index (χ1v) is 10.2. The third-order valence-corrected chi connectivity index (χ3v) is 5.97. The van der Waals surface area contributed by atoms with Crippen molar-refractivity contribution in [3.05, 3.63) is 86.9 Å². The monoisotopic (exact) mass is 401 g/mol. The Morgan fingerprint density at radius 3 is 2.86 bits per heavy atom. The summed E-state index contributed by atoms with van der Waals surface area (Å²) in [5.41, 5.74) is 4.31. The second kappa shape index (κ2) is 7.23. The van der Waals surface area contributed by atoms with E-state index in [4.69, 9.17) is 16.6 Å². The van der Waals surface area contributed by atoms with E-state index in [9.17, 15) is 0 Å². The lowest BCUT2D eigenvalue weighted by atomic mass is 10.1. The summed E-state index contributed by atoms with van der Waals surface area (Å²) in [5, 5.41) is 5.25. The summed E-state index contributed by atoms with van der Waals surface area (Å²) in [5.74, 6) is 0. The maximum absolute atomic E-state index is 6.05. The Morgan fingerprint density at radius 2 is 1.96 bits per heavy atom. The van der Waals surface area contributed by atoms with Crippen molar-refractivity contribution in [2.24, 2.45) is 0 Å². The van der Waals surface area contributed by atoms with Crippen molar-refractivity contribution in [1.29, 1.82) is 0 Å². The van der Waals surface area contributed by atoms with Crippen LogP contribution in [0, 0.1) is 0 Å². The zero-order valence-electron chi connectivity index (χ0n) is 14.9. The first-order valence-electron chi connectivity index (χ1n) is 8.96. The van der Waals surface area contributed by atoms with Crippen LogP contribution in [0.3, 0.4) is 0 Å². The second-order valence-electron chi connectivity index (χ2n) is 6.58. The summed E-state index contributed by atoms with van der Waals surface area (Å²) in [4.78, 5) is 11.0. The van der Waals surface area contributed by atoms with E-state index >= 15 is 0 Å². The number of thiophene rings is 1. The fraction of sp³-hybridized carbons (Fsp3) is 0.0435. The molecule has 0 aliphatic carbocycles. The van der Waals surface area contributed by atoms with Crippen molar-refractivity contribution >= 4 is 52.2 Å². The van der Waals surface area contributed by atoms with Crippen LogP contribution in [0.2, 0.25) is 5.02 Å². The molecule has 4 aromatic rings. The Bertz CT molecular complexity index is 1310. The standard InChI is InChI=1S/C23H16ClN3S/c24-18-2-4-22-17(13-18)1-3-19(26-22)7-11-27-12-8-23-20(14-27)21(15-28-23)16-5-9-25-10-6-16/h1-11,13-15H,12H2/b11-7+. The summed E-state index contributed by atoms with van der Waals surface area (Å²) < 4.78 is 1.32. The van der Waals surface area contributed by atoms with E-state index in [0.717, 1.165) is 28.2 Å². The third kappa shape index (κ3) is 3.33. The molecule has 5 heteroatoms. The minimum Gasteiger partial charge on any atom is -0.350 e. The van der Waals surface area contributed by atoms with Crippen LogP contribution >= 0.6 is 22.9 Å². The molecule has 0 spiro atoms. The molecule has 0 atom stereocenters. The van der Waals surface area contributed by atoms with Gasteiger partial charge >= 0.3 is 0 Å². The number of aromatic nitrogens is 2. The minimum atomic E-state index is 0.729. The van der Waals surface area contributed by atoms with Crippen molar-refractivity contribution in [1.82, 2.24) is 14.9 Å². The molecular weight excluding hydrogens is 386 g/mol. The van der Waals surface area contributed by atoms with Crippen molar-refractivity contribution in [3.8, 4) is 11.1 Å². The molecule has 5 rings (SSSR count). The number of hydrogen-bond donors (Lipinski definition) is 0. The molecule has 3 nitrogen and oxygen atoms in total. The van der Waals surface area contributed by atoms with E-state index in [1.54, 1.807) is 11.3 Å². The van der Waals surface area contributed by atoms with Gasteiger partial charge in [-0.05, 0) is 59.5 Å². The van der Waals surface area contributed by atoms with E-state index in [1.165, 1.54) is 20.9 Å². The molecule has 136 valence electrons. The van der Waals surface area contributed by atoms with Gasteiger partial charge < -0.3 is 4.90 Å². The van der Waals surface area contributed by atoms with Gasteiger partial charge in [0.25, 0.3) is 0 Å². The number of rotatable bonds is 3. The van der Waals surface area contributed by atoms with Crippen LogP contribution in [-0.4, -0.2) is 21.4 Å². The van der Waals surface area contributed by atoms with Crippen molar-refractivity contribution in [2.45, 2.75) is 0 Å². The predicted octanol–water partition coefficient (Wildman–Crippen LogP) is 4.52. The fourth-order valence-electron chi connectivity index (χ4n) is 3.32. The Morgan fingerprint density at radius 1 is 1.07 bits per heavy atom. The number of hydrogen-bond acceptors (Lipinski definition) is 4. The molecule has 4 heterocycles. The molecule has 1 aromatic carbocycles. The normalized spacial score (nSPS) is 13.4. The SMILES string of the molecule is Clc1ccc2nc(/C=C/N3C=c4c(-c5ccncc5)csc4=CC3)ccc2c1. The zero-order chi connectivity index (χ0) is 18.9. The summed E-state index contributed by atoms with van der Waals surface area (Å²) in [6.45, 7) is 0.850. The smallest absolute Gasteiger partial charge is 0.0710 e. The first kappa shape index (κ1) is 17.2. The number of benzene rings is 1. The molecule has 1 aliphatic rings. The highest BCUT2D eigenvalue weighted by molar-refractivity contribution is 7.08. The zero-order valence-corrected chi connectivity index (χ0v) is 16.5. The second-order valence-corrected chi connectivity index (χ2v) is 7.93. The Labute approximate surface area is 171 Å². The number of pyridine rings is 2. The first-order chi connectivity index (χ1) is 13.8. The van der Waals surface area contributed by atoms with Gasteiger partial charge in [0.2, 0.25) is 0 Å². The number of halogens is 1. The molecule has 0 fully saturated rings. The third-order valence-electron chi connectivity index (χ3n) is 4.74. The fourth-order valence-corrected chi connectivity index (χ4v) is 4.47. The van der Waals surface area contributed by atoms with Crippen LogP contribution in [0.5, 0.6) is 0 Å². The maximum Gasteiger partial charge on any atom is 0.0710 e. The topological polar surface area (TPSA) is 29.0 Å². The van der Waals surface area contributed by atoms with Crippen LogP contribution in [0.4, 0.5) is 0 Å². The highest BCUT2D eigenvalue weighted by Gasteiger charge is 2.08. The van der Waals surface area contributed by atoms with Crippen molar-refractivity contribution in [2.75, 3.05) is 6.54 Å². The van der Waals surface area contributed by atoms with Gasteiger partial charge in [0, 0.05) is 57.1 Å². The van der Waals surface area contributed by atoms with Crippen LogP contribution in [0.25, 0.3) is 40.4 Å². The van der Waals surface area contributed by atoms with Crippen molar-refractivity contribution < 1.29 is 0 Å². The maximum atomic E-state index is 6.05. The van der Waals surface area contributed by atoms with Crippen molar-refractivity contribution in [3.63, 3.8) is 0 Å². The Kier molecular flexibility index (Phi) is 4.43. The largest absolute Gasteiger partial charge is 0.350 e. The number of fused-ring (bicyclic) bond motifs is 2. The Hall–Kier alpha value is -2.95. The quantitative estimate of drug-likeness (QED) is 0.505. The summed E-state index contributed by atoms with van der Waals surface area (Å²) in [6.07, 6.45) is 12.3. The van der Waals surface area contributed by atoms with Gasteiger partial charge in [-0.1, -0.05) is 17.7 Å². The van der Waals surface area contributed by atoms with E-state index in [2.05, 4.69) is 51.9 Å². The molecule has 0 saturated heterocycles. The van der Waals surface area contributed by atoms with Crippen LogP contribution < -0.4 is 9.75 Å². The summed E-state index contributed by atoms with van der Waals surface area (Å²) >= 11 is 7.84. The summed E-state index contributed by atoms with van der Waals surface area (Å²) in [7, 11) is 0. The lowest BCUT2D eigenvalue weighted by Crippen LogP contribution is -2.30. The van der Waals surface area contributed by atoms with Gasteiger partial charge in [-0.2, -0.15) is 0 Å². The molecule has 0 bridgehead atoms. The molecule has 0 radical (unpaired) electrons. The molecule has 1 aliphatic heterocycles. The van der Waals surface area contributed by atoms with Gasteiger partial charge in [0.1, 0.15) is 0 Å². The molecule has 0 amide bonds. The van der Waals surface area contributed by atoms with E-state index < -0.39 is 0 Å². The lowest BCUT2D eigenvalue weighted by Gasteiger charge is -2.15. The molecule has 0 saturated carbocycles. The average molecular weight is 402 g/mol. The van der Waals surface area contributed by atoms with E-state index in [1.807, 2.05) is 42.7 Å². The molecule has 28 heavy (non-hydrogen) atoms. The van der Waals surface area contributed by atoms with Gasteiger partial charge in [-0.15, -0.1) is 11.3 Å². The lowest BCUT2D eigenvalue weighted by molar-refractivity contribution is 0.628. The predicted molar refractivity (Wildman–Crippen MR) is 118 cm³/mol. The van der Waals surface area contributed by atoms with Gasteiger partial charge in [-0.3, -0.25) is 4.98 Å². The molecule has 0 unspecified atom stereocenters. The van der Waals surface area contributed by atoms with Crippen LogP contribution in [0.1, 0.15) is 5.69 Å². The van der Waals surface area contributed by atoms with Gasteiger partial charge in [0.15, 0.2) is 0 Å². The molecule has 3 aromatic heterocycles. The van der Waals surface area contributed by atoms with E-state index in [0.29, 0.717) is 0 Å². The van der Waals surface area contributed by atoms with Crippen LogP contribution in [-0.2, 0) is 0 Å². The molecule has 0 N–H and O–H groups in total. The highest BCUT2D eigenvalue weighted by Crippen LogP contribution is 2.19. The van der Waals surface area contributed by atoms with E-state index in [-0.39, 0.29) is 0 Å². The Balaban J connectivity index is 1.46. The highest BCUT2D eigenvalue weighted by atomic mass is 35.5. The summed E-state index contributed by atoms with van der Waals surface area (Å²) in [6, 6.07) is 13.9. The van der Waals surface area contributed by atoms with Gasteiger partial charge in [0.05, 0.1) is 11.2 Å². The average Bonchev–Trinajstić information content (AvgIpc) is 3.16. The number of nitrogens with zero attached hydrogens (tertiary/aromatic N) is 3. The minimum absolute atomic E-state index is 0.729. The molecular formula is C23H16ClN3S.